The molecule has 4 aromatic rings. The monoisotopic (exact) mass is 323 g/mol. The number of rotatable bonds is 4. The molecule has 25 heavy (non-hydrogen) atoms. The van der Waals surface area contributed by atoms with E-state index in [0.29, 0.717) is 0 Å². The molecule has 4 rings (SSSR count). The fourth-order valence-electron chi connectivity index (χ4n) is 3.47. The van der Waals surface area contributed by atoms with E-state index in [0.717, 1.165) is 0 Å². The highest BCUT2D eigenvalue weighted by Gasteiger charge is 2.16. The Hall–Kier alpha value is -3.06. The summed E-state index contributed by atoms with van der Waals surface area (Å²) < 4.78 is 0. The molecule has 0 bridgehead atoms. The van der Waals surface area contributed by atoms with E-state index in [9.17, 15) is 0 Å². The van der Waals surface area contributed by atoms with E-state index in [1.54, 1.807) is 0 Å². The van der Waals surface area contributed by atoms with Gasteiger partial charge in [-0.1, -0.05) is 84.9 Å². The Kier molecular flexibility index (Phi) is 4.22. The maximum atomic E-state index is 3.44. The number of nitrogens with one attached hydrogen (secondary N) is 1. The molecule has 0 aliphatic rings. The lowest BCUT2D eigenvalue weighted by molar-refractivity contribution is 1.04. The molecule has 1 N–H and O–H groups in total. The number of aromatic amines is 1. The fourth-order valence-corrected chi connectivity index (χ4v) is 3.47. The fraction of sp³-hybridized carbons (Fsp3) is 0.0833. The lowest BCUT2D eigenvalue weighted by Gasteiger charge is -2.14. The quantitative estimate of drug-likeness (QED) is 0.452. The van der Waals surface area contributed by atoms with Gasteiger partial charge in [-0.25, -0.2) is 0 Å². The summed E-state index contributed by atoms with van der Waals surface area (Å²) >= 11 is 0. The molecule has 0 amide bonds. The van der Waals surface area contributed by atoms with Crippen molar-refractivity contribution in [2.24, 2.45) is 0 Å². The van der Waals surface area contributed by atoms with E-state index in [1.165, 1.54) is 33.2 Å². The number of H-pyrrole nitrogens is 1. The summed E-state index contributed by atoms with van der Waals surface area (Å²) in [7, 11) is 0. The number of hydrogen-bond donors (Lipinski definition) is 1. The molecule has 0 spiro atoms. The third kappa shape index (κ3) is 3.14. The van der Waals surface area contributed by atoms with Crippen molar-refractivity contribution >= 4 is 17.0 Å². The zero-order valence-corrected chi connectivity index (χ0v) is 14.3. The van der Waals surface area contributed by atoms with Crippen LogP contribution in [0.3, 0.4) is 0 Å². The highest BCUT2D eigenvalue weighted by Crippen LogP contribution is 2.34. The first-order valence-electron chi connectivity index (χ1n) is 8.68. The van der Waals surface area contributed by atoms with Gasteiger partial charge >= 0.3 is 0 Å². The van der Waals surface area contributed by atoms with Gasteiger partial charge in [-0.3, -0.25) is 0 Å². The van der Waals surface area contributed by atoms with Crippen molar-refractivity contribution in [1.82, 2.24) is 4.98 Å². The average molecular weight is 323 g/mol. The molecule has 1 heterocycles. The molecular weight excluding hydrogens is 302 g/mol. The Bertz CT molecular complexity index is 994. The zero-order valence-electron chi connectivity index (χ0n) is 14.3. The van der Waals surface area contributed by atoms with Gasteiger partial charge in [-0.15, -0.1) is 0 Å². The first-order valence-corrected chi connectivity index (χ1v) is 8.68. The minimum absolute atomic E-state index is 0.219. The minimum atomic E-state index is 0.219. The number of aromatic nitrogens is 1. The van der Waals surface area contributed by atoms with Crippen molar-refractivity contribution < 1.29 is 0 Å². The van der Waals surface area contributed by atoms with Crippen LogP contribution >= 0.6 is 0 Å². The Morgan fingerprint density at radius 2 is 1.52 bits per heavy atom. The largest absolute Gasteiger partial charge is 0.361 e. The SMILES string of the molecule is Cc1cccc2[nH]cc(C(/C=C/c3ccccc3)c3ccccc3)c12. The van der Waals surface area contributed by atoms with E-state index in [4.69, 9.17) is 0 Å². The molecule has 122 valence electrons. The van der Waals surface area contributed by atoms with Crippen molar-refractivity contribution in [3.8, 4) is 0 Å². The van der Waals surface area contributed by atoms with Crippen molar-refractivity contribution in [3.05, 3.63) is 113 Å². The number of benzene rings is 3. The third-order valence-electron chi connectivity index (χ3n) is 4.72. The molecular formula is C24H21N. The predicted molar refractivity (Wildman–Crippen MR) is 107 cm³/mol. The molecule has 1 aromatic heterocycles. The summed E-state index contributed by atoms with van der Waals surface area (Å²) in [5, 5.41) is 1.33. The second-order valence-electron chi connectivity index (χ2n) is 6.40. The van der Waals surface area contributed by atoms with Crippen LogP contribution < -0.4 is 0 Å². The lowest BCUT2D eigenvalue weighted by Crippen LogP contribution is -1.97. The molecule has 1 nitrogen and oxygen atoms in total. The standard InChI is InChI=1S/C24H21N/c1-18-9-8-14-23-24(18)22(17-25-23)21(20-12-6-3-7-13-20)16-15-19-10-4-2-5-11-19/h2-17,21,25H,1H3/b16-15+. The summed E-state index contributed by atoms with van der Waals surface area (Å²) in [6.45, 7) is 2.18. The molecule has 1 unspecified atom stereocenters. The van der Waals surface area contributed by atoms with Gasteiger partial charge in [0.25, 0.3) is 0 Å². The van der Waals surface area contributed by atoms with E-state index in [1.807, 2.05) is 0 Å². The van der Waals surface area contributed by atoms with Crippen molar-refractivity contribution in [2.45, 2.75) is 12.8 Å². The summed E-state index contributed by atoms with van der Waals surface area (Å²) in [5.41, 5.74) is 6.36. The molecule has 0 saturated heterocycles. The number of aryl methyl sites for hydroxylation is 1. The summed E-state index contributed by atoms with van der Waals surface area (Å²) in [4.78, 5) is 3.44. The van der Waals surface area contributed by atoms with Gasteiger partial charge < -0.3 is 4.98 Å². The first kappa shape index (κ1) is 15.5. The van der Waals surface area contributed by atoms with Crippen LogP contribution in [0.2, 0.25) is 0 Å². The van der Waals surface area contributed by atoms with Gasteiger partial charge in [0.1, 0.15) is 0 Å². The highest BCUT2D eigenvalue weighted by atomic mass is 14.7. The molecule has 0 saturated carbocycles. The topological polar surface area (TPSA) is 15.8 Å². The number of allylic oxidation sites excluding steroid dienone is 1. The van der Waals surface area contributed by atoms with Crippen molar-refractivity contribution in [2.75, 3.05) is 0 Å². The molecule has 0 fully saturated rings. The van der Waals surface area contributed by atoms with Crippen LogP contribution in [0, 0.1) is 6.92 Å². The molecule has 3 aromatic carbocycles. The van der Waals surface area contributed by atoms with Crippen LogP contribution in [-0.4, -0.2) is 4.98 Å². The highest BCUT2D eigenvalue weighted by molar-refractivity contribution is 5.87. The molecule has 1 atom stereocenters. The van der Waals surface area contributed by atoms with Gasteiger partial charge in [-0.05, 0) is 35.2 Å². The van der Waals surface area contributed by atoms with E-state index in [-0.39, 0.29) is 5.92 Å². The summed E-state index contributed by atoms with van der Waals surface area (Å²) in [6, 6.07) is 27.6. The molecule has 0 aliphatic heterocycles. The van der Waals surface area contributed by atoms with Crippen LogP contribution in [0.15, 0.2) is 91.1 Å². The van der Waals surface area contributed by atoms with Crippen molar-refractivity contribution in [1.29, 1.82) is 0 Å². The van der Waals surface area contributed by atoms with Gasteiger partial charge in [-0.2, -0.15) is 0 Å². The van der Waals surface area contributed by atoms with Crippen LogP contribution in [0.4, 0.5) is 0 Å². The second-order valence-corrected chi connectivity index (χ2v) is 6.40. The maximum absolute atomic E-state index is 3.44. The van der Waals surface area contributed by atoms with Crippen LogP contribution in [0.25, 0.3) is 17.0 Å². The van der Waals surface area contributed by atoms with Gasteiger partial charge in [0.2, 0.25) is 0 Å². The van der Waals surface area contributed by atoms with E-state index in [2.05, 4.69) is 109 Å². The Morgan fingerprint density at radius 1 is 0.800 bits per heavy atom. The number of hydrogen-bond acceptors (Lipinski definition) is 0. The van der Waals surface area contributed by atoms with E-state index < -0.39 is 0 Å². The Balaban J connectivity index is 1.84. The summed E-state index contributed by atoms with van der Waals surface area (Å²) in [6.07, 6.45) is 6.68. The molecule has 1 heteroatoms. The predicted octanol–water partition coefficient (Wildman–Crippen LogP) is 6.32. The van der Waals surface area contributed by atoms with Crippen LogP contribution in [0.1, 0.15) is 28.2 Å². The van der Waals surface area contributed by atoms with Crippen molar-refractivity contribution in [3.63, 3.8) is 0 Å². The lowest BCUT2D eigenvalue weighted by atomic mass is 9.89. The van der Waals surface area contributed by atoms with Gasteiger partial charge in [0.05, 0.1) is 0 Å². The first-order chi connectivity index (χ1) is 12.3. The van der Waals surface area contributed by atoms with E-state index >= 15 is 0 Å². The zero-order chi connectivity index (χ0) is 17.1. The Labute approximate surface area is 148 Å². The molecule has 0 radical (unpaired) electrons. The van der Waals surface area contributed by atoms with Gasteiger partial charge in [0, 0.05) is 23.0 Å². The third-order valence-corrected chi connectivity index (χ3v) is 4.72. The Morgan fingerprint density at radius 3 is 2.28 bits per heavy atom. The van der Waals surface area contributed by atoms with Gasteiger partial charge in [0.15, 0.2) is 0 Å². The van der Waals surface area contributed by atoms with Crippen LogP contribution in [0.5, 0.6) is 0 Å². The molecule has 0 aliphatic carbocycles. The smallest absolute Gasteiger partial charge is 0.0459 e. The summed E-state index contributed by atoms with van der Waals surface area (Å²) in [5.74, 6) is 0.219. The number of fused-ring (bicyclic) bond motifs is 1. The average Bonchev–Trinajstić information content (AvgIpc) is 3.09. The van der Waals surface area contributed by atoms with Crippen LogP contribution in [-0.2, 0) is 0 Å². The maximum Gasteiger partial charge on any atom is 0.0459 e. The second kappa shape index (κ2) is 6.82. The normalized spacial score (nSPS) is 12.7. The minimum Gasteiger partial charge on any atom is -0.361 e.